The van der Waals surface area contributed by atoms with Crippen molar-refractivity contribution < 1.29 is 14.6 Å². The zero-order valence-electron chi connectivity index (χ0n) is 10.6. The Balaban J connectivity index is 1.65. The summed E-state index contributed by atoms with van der Waals surface area (Å²) < 4.78 is 10.6. The van der Waals surface area contributed by atoms with Crippen LogP contribution in [0.4, 0.5) is 0 Å². The zero-order valence-corrected chi connectivity index (χ0v) is 10.6. The summed E-state index contributed by atoms with van der Waals surface area (Å²) in [5.41, 5.74) is 1.18. The Morgan fingerprint density at radius 1 is 1.22 bits per heavy atom. The third-order valence-electron chi connectivity index (χ3n) is 2.68. The van der Waals surface area contributed by atoms with Crippen LogP contribution in [0.3, 0.4) is 0 Å². The minimum absolute atomic E-state index is 0.293. The summed E-state index contributed by atoms with van der Waals surface area (Å²) in [6.07, 6.45) is -0.293. The zero-order chi connectivity index (χ0) is 12.8. The minimum Gasteiger partial charge on any atom is -0.454 e. The Morgan fingerprint density at radius 2 is 2.00 bits per heavy atom. The van der Waals surface area contributed by atoms with E-state index in [2.05, 4.69) is 10.6 Å². The first kappa shape index (κ1) is 13.1. The lowest BCUT2D eigenvalue weighted by molar-refractivity contribution is 0.174. The average Bonchev–Trinajstić information content (AvgIpc) is 2.80. The number of rotatable bonds is 7. The third-order valence-corrected chi connectivity index (χ3v) is 2.68. The Morgan fingerprint density at radius 3 is 2.83 bits per heavy atom. The lowest BCUT2D eigenvalue weighted by Crippen LogP contribution is -2.31. The molecule has 0 saturated carbocycles. The van der Waals surface area contributed by atoms with Crippen LogP contribution in [-0.2, 0) is 6.54 Å². The van der Waals surface area contributed by atoms with Crippen molar-refractivity contribution in [2.24, 2.45) is 0 Å². The van der Waals surface area contributed by atoms with Crippen LogP contribution in [0.1, 0.15) is 12.5 Å². The van der Waals surface area contributed by atoms with Crippen molar-refractivity contribution in [1.82, 2.24) is 10.6 Å². The van der Waals surface area contributed by atoms with E-state index < -0.39 is 0 Å². The molecule has 0 amide bonds. The molecular weight excluding hydrogens is 232 g/mol. The number of benzene rings is 1. The molecule has 1 aliphatic rings. The lowest BCUT2D eigenvalue weighted by atomic mass is 10.2. The van der Waals surface area contributed by atoms with Gasteiger partial charge in [-0.1, -0.05) is 6.07 Å². The quantitative estimate of drug-likeness (QED) is 0.616. The second-order valence-corrected chi connectivity index (χ2v) is 4.42. The van der Waals surface area contributed by atoms with E-state index in [9.17, 15) is 0 Å². The van der Waals surface area contributed by atoms with Gasteiger partial charge in [0.25, 0.3) is 0 Å². The van der Waals surface area contributed by atoms with Crippen molar-refractivity contribution in [3.8, 4) is 11.5 Å². The number of hydrogen-bond donors (Lipinski definition) is 3. The van der Waals surface area contributed by atoms with Crippen LogP contribution in [0, 0.1) is 0 Å². The van der Waals surface area contributed by atoms with E-state index in [4.69, 9.17) is 14.6 Å². The molecule has 2 rings (SSSR count). The van der Waals surface area contributed by atoms with Crippen molar-refractivity contribution in [1.29, 1.82) is 0 Å². The van der Waals surface area contributed by atoms with Gasteiger partial charge in [-0.3, -0.25) is 0 Å². The molecule has 0 saturated heterocycles. The number of ether oxygens (including phenoxy) is 2. The highest BCUT2D eigenvalue weighted by Gasteiger charge is 2.12. The maximum absolute atomic E-state index is 9.07. The average molecular weight is 252 g/mol. The van der Waals surface area contributed by atoms with Gasteiger partial charge in [0.05, 0.1) is 6.10 Å². The Labute approximate surface area is 107 Å². The standard InChI is InChI=1S/C13H20N2O3/c1-10(16)7-14-4-5-15-8-11-2-3-12-13(6-11)18-9-17-12/h2-3,6,10,14-16H,4-5,7-9H2,1H3/t10-/m1/s1. The van der Waals surface area contributed by atoms with Crippen molar-refractivity contribution in [2.75, 3.05) is 26.4 Å². The van der Waals surface area contributed by atoms with E-state index in [0.717, 1.165) is 31.1 Å². The highest BCUT2D eigenvalue weighted by atomic mass is 16.7. The first-order valence-corrected chi connectivity index (χ1v) is 6.24. The highest BCUT2D eigenvalue weighted by Crippen LogP contribution is 2.32. The van der Waals surface area contributed by atoms with E-state index in [0.29, 0.717) is 13.3 Å². The molecule has 0 aliphatic carbocycles. The molecule has 0 bridgehead atoms. The van der Waals surface area contributed by atoms with Gasteiger partial charge < -0.3 is 25.2 Å². The van der Waals surface area contributed by atoms with Crippen LogP contribution in [0.2, 0.25) is 0 Å². The first-order valence-electron chi connectivity index (χ1n) is 6.24. The van der Waals surface area contributed by atoms with E-state index in [1.54, 1.807) is 6.92 Å². The van der Waals surface area contributed by atoms with Crippen molar-refractivity contribution in [2.45, 2.75) is 19.6 Å². The van der Waals surface area contributed by atoms with Crippen LogP contribution in [0.25, 0.3) is 0 Å². The summed E-state index contributed by atoms with van der Waals surface area (Å²) in [6, 6.07) is 5.97. The van der Waals surface area contributed by atoms with Gasteiger partial charge in [0.1, 0.15) is 0 Å². The van der Waals surface area contributed by atoms with Crippen molar-refractivity contribution in [3.05, 3.63) is 23.8 Å². The lowest BCUT2D eigenvalue weighted by Gasteiger charge is -2.08. The molecule has 100 valence electrons. The van der Waals surface area contributed by atoms with Crippen LogP contribution in [-0.4, -0.2) is 37.6 Å². The van der Waals surface area contributed by atoms with E-state index >= 15 is 0 Å². The predicted octanol–water partition coefficient (Wildman–Crippen LogP) is 0.475. The smallest absolute Gasteiger partial charge is 0.231 e. The largest absolute Gasteiger partial charge is 0.454 e. The number of fused-ring (bicyclic) bond motifs is 1. The van der Waals surface area contributed by atoms with Gasteiger partial charge >= 0.3 is 0 Å². The summed E-state index contributed by atoms with van der Waals surface area (Å²) >= 11 is 0. The van der Waals surface area contributed by atoms with Gasteiger partial charge in [-0.25, -0.2) is 0 Å². The van der Waals surface area contributed by atoms with Crippen LogP contribution in [0.5, 0.6) is 11.5 Å². The number of nitrogens with one attached hydrogen (secondary N) is 2. The molecule has 1 aromatic carbocycles. The Kier molecular flexibility index (Phi) is 4.81. The molecule has 0 aromatic heterocycles. The summed E-state index contributed by atoms with van der Waals surface area (Å²) in [5.74, 6) is 1.64. The molecule has 0 radical (unpaired) electrons. The van der Waals surface area contributed by atoms with E-state index in [1.165, 1.54) is 5.56 Å². The Bertz CT molecular complexity index is 382. The maximum atomic E-state index is 9.07. The summed E-state index contributed by atoms with van der Waals surface area (Å²) in [6.45, 7) is 5.22. The maximum Gasteiger partial charge on any atom is 0.231 e. The number of aliphatic hydroxyl groups excluding tert-OH is 1. The predicted molar refractivity (Wildman–Crippen MR) is 68.8 cm³/mol. The molecule has 18 heavy (non-hydrogen) atoms. The third kappa shape index (κ3) is 3.87. The fourth-order valence-electron chi connectivity index (χ4n) is 1.77. The van der Waals surface area contributed by atoms with Crippen molar-refractivity contribution >= 4 is 0 Å². The molecule has 1 heterocycles. The number of aliphatic hydroxyl groups is 1. The van der Waals surface area contributed by atoms with Crippen LogP contribution in [0.15, 0.2) is 18.2 Å². The van der Waals surface area contributed by atoms with Crippen LogP contribution < -0.4 is 20.1 Å². The second kappa shape index (κ2) is 6.58. The molecule has 0 fully saturated rings. The van der Waals surface area contributed by atoms with Gasteiger partial charge in [-0.2, -0.15) is 0 Å². The van der Waals surface area contributed by atoms with Gasteiger partial charge in [-0.05, 0) is 24.6 Å². The van der Waals surface area contributed by atoms with E-state index in [1.807, 2.05) is 18.2 Å². The molecule has 1 aliphatic heterocycles. The minimum atomic E-state index is -0.293. The molecular formula is C13H20N2O3. The highest BCUT2D eigenvalue weighted by molar-refractivity contribution is 5.44. The fourth-order valence-corrected chi connectivity index (χ4v) is 1.77. The van der Waals surface area contributed by atoms with Gasteiger partial charge in [0, 0.05) is 26.2 Å². The molecule has 3 N–H and O–H groups in total. The molecule has 1 atom stereocenters. The fraction of sp³-hybridized carbons (Fsp3) is 0.538. The molecule has 0 spiro atoms. The van der Waals surface area contributed by atoms with E-state index in [-0.39, 0.29) is 6.10 Å². The normalized spacial score (nSPS) is 14.8. The monoisotopic (exact) mass is 252 g/mol. The summed E-state index contributed by atoms with van der Waals surface area (Å²) in [7, 11) is 0. The van der Waals surface area contributed by atoms with Gasteiger partial charge in [0.2, 0.25) is 6.79 Å². The van der Waals surface area contributed by atoms with Gasteiger partial charge in [0.15, 0.2) is 11.5 Å². The van der Waals surface area contributed by atoms with Gasteiger partial charge in [-0.15, -0.1) is 0 Å². The summed E-state index contributed by atoms with van der Waals surface area (Å²) in [4.78, 5) is 0. The molecule has 1 aromatic rings. The summed E-state index contributed by atoms with van der Waals surface area (Å²) in [5, 5.41) is 15.5. The molecule has 0 unspecified atom stereocenters. The topological polar surface area (TPSA) is 62.8 Å². The Hall–Kier alpha value is -1.30. The SMILES string of the molecule is C[C@@H](O)CNCCNCc1ccc2c(c1)OCO2. The van der Waals surface area contributed by atoms with Crippen molar-refractivity contribution in [3.63, 3.8) is 0 Å². The number of hydrogen-bond acceptors (Lipinski definition) is 5. The molecule has 5 nitrogen and oxygen atoms in total. The molecule has 5 heteroatoms. The first-order chi connectivity index (χ1) is 8.75. The second-order valence-electron chi connectivity index (χ2n) is 4.42. The van der Waals surface area contributed by atoms with Crippen LogP contribution >= 0.6 is 0 Å².